The minimum atomic E-state index is -4.79. The van der Waals surface area contributed by atoms with Gasteiger partial charge in [0.25, 0.3) is 5.91 Å². The SMILES string of the molecule is Cc1cc(N(C)C)nc(NC[C@H]2CC[C@@H](NC(=O)c3cccc(OC(F)(F)F)c3)CC2)n1. The third-order valence-corrected chi connectivity index (χ3v) is 5.36. The smallest absolute Gasteiger partial charge is 0.406 e. The van der Waals surface area contributed by atoms with E-state index in [1.807, 2.05) is 32.0 Å². The lowest BCUT2D eigenvalue weighted by Gasteiger charge is -2.29. The molecule has 0 aliphatic heterocycles. The molecule has 1 aromatic heterocycles. The average molecular weight is 451 g/mol. The van der Waals surface area contributed by atoms with Gasteiger partial charge in [-0.2, -0.15) is 4.98 Å². The van der Waals surface area contributed by atoms with Gasteiger partial charge in [0.2, 0.25) is 5.95 Å². The number of nitrogens with zero attached hydrogens (tertiary/aromatic N) is 3. The maximum atomic E-state index is 12.5. The minimum Gasteiger partial charge on any atom is -0.406 e. The van der Waals surface area contributed by atoms with Gasteiger partial charge in [0.05, 0.1) is 0 Å². The summed E-state index contributed by atoms with van der Waals surface area (Å²) in [5.74, 6) is 1.07. The van der Waals surface area contributed by atoms with Crippen LogP contribution < -0.4 is 20.3 Å². The quantitative estimate of drug-likeness (QED) is 0.659. The topological polar surface area (TPSA) is 79.4 Å². The van der Waals surface area contributed by atoms with Crippen molar-refractivity contribution in [3.05, 3.63) is 41.6 Å². The lowest BCUT2D eigenvalue weighted by molar-refractivity contribution is -0.274. The van der Waals surface area contributed by atoms with Crippen LogP contribution >= 0.6 is 0 Å². The van der Waals surface area contributed by atoms with Crippen molar-refractivity contribution >= 4 is 17.7 Å². The van der Waals surface area contributed by atoms with E-state index in [-0.39, 0.29) is 11.6 Å². The summed E-state index contributed by atoms with van der Waals surface area (Å²) in [4.78, 5) is 23.3. The number of alkyl halides is 3. The zero-order valence-corrected chi connectivity index (χ0v) is 18.4. The number of hydrogen-bond acceptors (Lipinski definition) is 6. The normalized spacial score (nSPS) is 18.7. The monoisotopic (exact) mass is 451 g/mol. The number of aromatic nitrogens is 2. The Bertz CT molecular complexity index is 928. The number of ether oxygens (including phenoxy) is 1. The Morgan fingerprint density at radius 2 is 1.88 bits per heavy atom. The van der Waals surface area contributed by atoms with Crippen molar-refractivity contribution < 1.29 is 22.7 Å². The molecular formula is C22H28F3N5O2. The first kappa shape index (κ1) is 23.6. The van der Waals surface area contributed by atoms with E-state index >= 15 is 0 Å². The number of anilines is 2. The van der Waals surface area contributed by atoms with Gasteiger partial charge in [-0.1, -0.05) is 6.07 Å². The number of amides is 1. The third kappa shape index (κ3) is 7.00. The number of halogens is 3. The van der Waals surface area contributed by atoms with Crippen LogP contribution in [0.5, 0.6) is 5.75 Å². The largest absolute Gasteiger partial charge is 0.573 e. The molecule has 1 heterocycles. The van der Waals surface area contributed by atoms with Crippen LogP contribution in [-0.2, 0) is 0 Å². The Balaban J connectivity index is 1.47. The molecule has 1 saturated carbocycles. The highest BCUT2D eigenvalue weighted by atomic mass is 19.4. The molecule has 2 N–H and O–H groups in total. The second-order valence-electron chi connectivity index (χ2n) is 8.23. The average Bonchev–Trinajstić information content (AvgIpc) is 2.72. The fourth-order valence-corrected chi connectivity index (χ4v) is 3.71. The second kappa shape index (κ2) is 10.1. The van der Waals surface area contributed by atoms with Gasteiger partial charge in [-0.25, -0.2) is 4.98 Å². The summed E-state index contributed by atoms with van der Waals surface area (Å²) in [6.07, 6.45) is -1.36. The highest BCUT2D eigenvalue weighted by molar-refractivity contribution is 5.94. The van der Waals surface area contributed by atoms with Crippen LogP contribution in [0.4, 0.5) is 24.9 Å². The highest BCUT2D eigenvalue weighted by Gasteiger charge is 2.31. The van der Waals surface area contributed by atoms with E-state index in [4.69, 9.17) is 0 Å². The number of carbonyl (C=O) groups is 1. The third-order valence-electron chi connectivity index (χ3n) is 5.36. The van der Waals surface area contributed by atoms with E-state index in [2.05, 4.69) is 25.3 Å². The van der Waals surface area contributed by atoms with Crippen molar-refractivity contribution in [3.8, 4) is 5.75 Å². The zero-order chi connectivity index (χ0) is 23.3. The molecule has 1 aromatic carbocycles. The van der Waals surface area contributed by atoms with Crippen LogP contribution in [0, 0.1) is 12.8 Å². The summed E-state index contributed by atoms with van der Waals surface area (Å²) in [5, 5.41) is 6.24. The van der Waals surface area contributed by atoms with E-state index in [0.717, 1.165) is 49.8 Å². The lowest BCUT2D eigenvalue weighted by Crippen LogP contribution is -2.38. The van der Waals surface area contributed by atoms with Crippen LogP contribution in [0.1, 0.15) is 41.7 Å². The molecule has 1 aliphatic carbocycles. The first-order valence-electron chi connectivity index (χ1n) is 10.5. The molecule has 0 radical (unpaired) electrons. The van der Waals surface area contributed by atoms with Crippen LogP contribution in [0.2, 0.25) is 0 Å². The van der Waals surface area contributed by atoms with Crippen LogP contribution in [0.3, 0.4) is 0 Å². The summed E-state index contributed by atoms with van der Waals surface area (Å²) in [5.41, 5.74) is 1.03. The van der Waals surface area contributed by atoms with E-state index in [1.54, 1.807) is 0 Å². The standard InChI is InChI=1S/C22H28F3N5O2/c1-14-11-19(30(2)3)29-21(27-14)26-13-15-7-9-17(10-8-15)28-20(31)16-5-4-6-18(12-16)32-22(23,24)25/h4-6,11-12,15,17H,7-10,13H2,1-3H3,(H,28,31)(H,26,27,29)/t15-,17+. The molecule has 1 amide bonds. The molecule has 2 aromatic rings. The van der Waals surface area contributed by atoms with Gasteiger partial charge in [-0.3, -0.25) is 4.79 Å². The minimum absolute atomic E-state index is 0.0125. The molecule has 1 fully saturated rings. The fourth-order valence-electron chi connectivity index (χ4n) is 3.71. The molecule has 0 atom stereocenters. The van der Waals surface area contributed by atoms with Gasteiger partial charge >= 0.3 is 6.36 Å². The Hall–Kier alpha value is -3.04. The van der Waals surface area contributed by atoms with E-state index in [9.17, 15) is 18.0 Å². The summed E-state index contributed by atoms with van der Waals surface area (Å²) in [6.45, 7) is 2.67. The fraction of sp³-hybridized carbons (Fsp3) is 0.500. The van der Waals surface area contributed by atoms with Crippen molar-refractivity contribution in [2.45, 2.75) is 45.0 Å². The predicted octanol–water partition coefficient (Wildman–Crippen LogP) is 4.15. The number of aryl methyl sites for hydroxylation is 1. The maximum Gasteiger partial charge on any atom is 0.573 e. The number of nitrogens with one attached hydrogen (secondary N) is 2. The number of benzene rings is 1. The molecule has 0 saturated heterocycles. The summed E-state index contributed by atoms with van der Waals surface area (Å²) >= 11 is 0. The summed E-state index contributed by atoms with van der Waals surface area (Å²) < 4.78 is 41.1. The Morgan fingerprint density at radius 3 is 2.53 bits per heavy atom. The molecule has 1 aliphatic rings. The lowest BCUT2D eigenvalue weighted by atomic mass is 9.86. The Labute approximate surface area is 185 Å². The molecule has 0 unspecified atom stereocenters. The van der Waals surface area contributed by atoms with Gasteiger partial charge in [0.1, 0.15) is 11.6 Å². The van der Waals surface area contributed by atoms with E-state index < -0.39 is 18.0 Å². The van der Waals surface area contributed by atoms with Crippen LogP contribution in [-0.4, -0.2) is 48.9 Å². The molecule has 0 spiro atoms. The van der Waals surface area contributed by atoms with Gasteiger partial charge in [0.15, 0.2) is 0 Å². The molecule has 7 nitrogen and oxygen atoms in total. The first-order valence-corrected chi connectivity index (χ1v) is 10.5. The van der Waals surface area contributed by atoms with Crippen molar-refractivity contribution in [2.75, 3.05) is 30.9 Å². The second-order valence-corrected chi connectivity index (χ2v) is 8.23. The summed E-state index contributed by atoms with van der Waals surface area (Å²) in [7, 11) is 3.86. The van der Waals surface area contributed by atoms with Crippen LogP contribution in [0.25, 0.3) is 0 Å². The number of hydrogen-bond donors (Lipinski definition) is 2. The Morgan fingerprint density at radius 1 is 1.16 bits per heavy atom. The van der Waals surface area contributed by atoms with Crippen molar-refractivity contribution in [1.29, 1.82) is 0 Å². The van der Waals surface area contributed by atoms with Crippen LogP contribution in [0.15, 0.2) is 30.3 Å². The first-order chi connectivity index (χ1) is 15.1. The summed E-state index contributed by atoms with van der Waals surface area (Å²) in [6, 6.07) is 7.02. The molecule has 32 heavy (non-hydrogen) atoms. The number of rotatable bonds is 7. The van der Waals surface area contributed by atoms with Gasteiger partial charge in [-0.15, -0.1) is 13.2 Å². The number of carbonyl (C=O) groups excluding carboxylic acids is 1. The maximum absolute atomic E-state index is 12.5. The van der Waals surface area contributed by atoms with Gasteiger partial charge in [-0.05, 0) is 56.7 Å². The predicted molar refractivity (Wildman–Crippen MR) is 116 cm³/mol. The van der Waals surface area contributed by atoms with Crippen molar-refractivity contribution in [3.63, 3.8) is 0 Å². The molecular weight excluding hydrogens is 423 g/mol. The van der Waals surface area contributed by atoms with Crippen molar-refractivity contribution in [2.24, 2.45) is 5.92 Å². The molecule has 10 heteroatoms. The molecule has 0 bridgehead atoms. The zero-order valence-electron chi connectivity index (χ0n) is 18.4. The van der Waals surface area contributed by atoms with Gasteiger partial charge < -0.3 is 20.3 Å². The highest BCUT2D eigenvalue weighted by Crippen LogP contribution is 2.26. The molecule has 3 rings (SSSR count). The van der Waals surface area contributed by atoms with E-state index in [0.29, 0.717) is 11.9 Å². The molecule has 174 valence electrons. The van der Waals surface area contributed by atoms with Gasteiger partial charge in [0, 0.05) is 44.0 Å². The van der Waals surface area contributed by atoms with E-state index in [1.165, 1.54) is 18.2 Å². The van der Waals surface area contributed by atoms with Crippen molar-refractivity contribution in [1.82, 2.24) is 15.3 Å². The Kier molecular flexibility index (Phi) is 7.42.